The summed E-state index contributed by atoms with van der Waals surface area (Å²) in [6.45, 7) is 2.89. The second-order valence-corrected chi connectivity index (χ2v) is 10.5. The highest BCUT2D eigenvalue weighted by Crippen LogP contribution is 2.40. The molecular weight excluding hydrogens is 462 g/mol. The lowest BCUT2D eigenvalue weighted by atomic mass is 9.85. The molecule has 0 amide bonds. The molecule has 8 heteroatoms. The largest absolute Gasteiger partial charge is 0.487 e. The van der Waals surface area contributed by atoms with Crippen LogP contribution in [0, 0.1) is 11.8 Å². The Hall–Kier alpha value is -2.03. The minimum absolute atomic E-state index is 0.123. The first kappa shape index (κ1) is 26.6. The Labute approximate surface area is 203 Å². The van der Waals surface area contributed by atoms with Crippen molar-refractivity contribution < 1.29 is 33.3 Å². The smallest absolute Gasteiger partial charge is 0.348 e. The molecule has 34 heavy (non-hydrogen) atoms. The van der Waals surface area contributed by atoms with E-state index in [0.717, 1.165) is 11.3 Å². The van der Waals surface area contributed by atoms with Gasteiger partial charge in [-0.15, -0.1) is 11.3 Å². The Kier molecular flexibility index (Phi) is 9.45. The molecule has 0 radical (unpaired) electrons. The molecule has 1 heterocycles. The first-order chi connectivity index (χ1) is 16.1. The fraction of sp³-hybridized carbons (Fsp3) is 0.577. The zero-order valence-electron chi connectivity index (χ0n) is 19.7. The minimum Gasteiger partial charge on any atom is -0.487 e. The van der Waals surface area contributed by atoms with Crippen molar-refractivity contribution in [3.63, 3.8) is 0 Å². The highest BCUT2D eigenvalue weighted by atomic mass is 32.1. The number of aliphatic hydroxyl groups is 2. The van der Waals surface area contributed by atoms with Crippen LogP contribution in [0.4, 0.5) is 8.78 Å². The summed E-state index contributed by atoms with van der Waals surface area (Å²) in [4.78, 5) is 13.6. The number of hydrogen-bond donors (Lipinski definition) is 2. The fourth-order valence-electron chi connectivity index (χ4n) is 4.54. The predicted octanol–water partition coefficient (Wildman–Crippen LogP) is 5.49. The van der Waals surface area contributed by atoms with Crippen molar-refractivity contribution in [2.45, 2.75) is 76.6 Å². The van der Waals surface area contributed by atoms with Gasteiger partial charge in [0.1, 0.15) is 10.6 Å². The quantitative estimate of drug-likeness (QED) is 0.380. The number of para-hydroxylation sites is 1. The molecule has 5 nitrogen and oxygen atoms in total. The number of alkyl halides is 2. The monoisotopic (exact) mass is 496 g/mol. The number of halogens is 2. The van der Waals surface area contributed by atoms with Crippen molar-refractivity contribution in [3.8, 4) is 5.75 Å². The van der Waals surface area contributed by atoms with Crippen LogP contribution in [0.2, 0.25) is 0 Å². The summed E-state index contributed by atoms with van der Waals surface area (Å²) in [6, 6.07) is 12.1. The number of aryl methyl sites for hydroxylation is 1. The van der Waals surface area contributed by atoms with Crippen LogP contribution in [0.5, 0.6) is 5.75 Å². The molecule has 0 bridgehead atoms. The maximum absolute atomic E-state index is 14.4. The highest BCUT2D eigenvalue weighted by molar-refractivity contribution is 7.13. The zero-order chi connectivity index (χ0) is 24.7. The Balaban J connectivity index is 1.48. The molecule has 1 fully saturated rings. The van der Waals surface area contributed by atoms with E-state index in [9.17, 15) is 23.8 Å². The third kappa shape index (κ3) is 7.75. The van der Waals surface area contributed by atoms with Crippen molar-refractivity contribution in [2.24, 2.45) is 11.8 Å². The number of hydrogen-bond acceptors (Lipinski definition) is 6. The molecule has 1 saturated carbocycles. The van der Waals surface area contributed by atoms with E-state index in [4.69, 9.17) is 9.47 Å². The van der Waals surface area contributed by atoms with E-state index < -0.39 is 31.2 Å². The van der Waals surface area contributed by atoms with Gasteiger partial charge in [-0.3, -0.25) is 0 Å². The van der Waals surface area contributed by atoms with Gasteiger partial charge in [0.25, 0.3) is 5.92 Å². The molecule has 188 valence electrons. The van der Waals surface area contributed by atoms with Gasteiger partial charge in [-0.25, -0.2) is 13.6 Å². The molecule has 0 unspecified atom stereocenters. The number of thiophene rings is 1. The van der Waals surface area contributed by atoms with E-state index in [2.05, 4.69) is 0 Å². The Bertz CT molecular complexity index is 902. The van der Waals surface area contributed by atoms with Gasteiger partial charge in [0, 0.05) is 11.3 Å². The van der Waals surface area contributed by atoms with Gasteiger partial charge in [0.05, 0.1) is 18.3 Å². The SMILES string of the molecule is CC(C)OC(=O)c1ccc(CCC[C@@H]2[C@@H](CCC(F)(F)COc3ccccc3)[C@H](O)C[C@@H]2O)s1. The summed E-state index contributed by atoms with van der Waals surface area (Å²) in [6.07, 6.45) is 0.339. The van der Waals surface area contributed by atoms with Gasteiger partial charge >= 0.3 is 5.97 Å². The molecule has 1 aliphatic carbocycles. The molecule has 1 aromatic carbocycles. The van der Waals surface area contributed by atoms with Gasteiger partial charge in [-0.1, -0.05) is 18.2 Å². The van der Waals surface area contributed by atoms with Crippen molar-refractivity contribution in [1.82, 2.24) is 0 Å². The Morgan fingerprint density at radius 1 is 1.09 bits per heavy atom. The van der Waals surface area contributed by atoms with Gasteiger partial charge < -0.3 is 19.7 Å². The molecule has 1 aliphatic rings. The molecule has 1 aromatic heterocycles. The highest BCUT2D eigenvalue weighted by Gasteiger charge is 2.43. The third-order valence-corrected chi connectivity index (χ3v) is 7.35. The summed E-state index contributed by atoms with van der Waals surface area (Å²) in [5.41, 5.74) is 0. The lowest BCUT2D eigenvalue weighted by molar-refractivity contribution is -0.0570. The van der Waals surface area contributed by atoms with Gasteiger partial charge in [0.15, 0.2) is 6.61 Å². The molecule has 2 N–H and O–H groups in total. The third-order valence-electron chi connectivity index (χ3n) is 6.22. The van der Waals surface area contributed by atoms with Gasteiger partial charge in [-0.2, -0.15) is 0 Å². The van der Waals surface area contributed by atoms with Crippen LogP contribution >= 0.6 is 11.3 Å². The van der Waals surface area contributed by atoms with E-state index in [-0.39, 0.29) is 36.8 Å². The standard InChI is InChI=1S/C26H34F2O5S/c1-17(2)33-25(31)24-12-11-19(34-24)9-6-10-20-21(23(30)15-22(20)29)13-14-26(27,28)16-32-18-7-4-3-5-8-18/h3-5,7-8,11-12,17,20-23,29-30H,6,9-10,13-16H2,1-2H3/t20-,21-,22+,23-/m1/s1. The first-order valence-electron chi connectivity index (χ1n) is 11.9. The molecule has 4 atom stereocenters. The van der Waals surface area contributed by atoms with Crippen LogP contribution in [-0.2, 0) is 11.2 Å². The summed E-state index contributed by atoms with van der Waals surface area (Å²) >= 11 is 1.39. The summed E-state index contributed by atoms with van der Waals surface area (Å²) < 4.78 is 39.3. The predicted molar refractivity (Wildman–Crippen MR) is 128 cm³/mol. The van der Waals surface area contributed by atoms with Crippen LogP contribution in [0.3, 0.4) is 0 Å². The van der Waals surface area contributed by atoms with Crippen molar-refractivity contribution >= 4 is 17.3 Å². The lowest BCUT2D eigenvalue weighted by Gasteiger charge is -2.25. The number of carbonyl (C=O) groups excluding carboxylic acids is 1. The van der Waals surface area contributed by atoms with E-state index in [0.29, 0.717) is 23.5 Å². The Morgan fingerprint density at radius 3 is 2.44 bits per heavy atom. The maximum atomic E-state index is 14.4. The first-order valence-corrected chi connectivity index (χ1v) is 12.7. The second-order valence-electron chi connectivity index (χ2n) is 9.31. The summed E-state index contributed by atoms with van der Waals surface area (Å²) in [7, 11) is 0. The molecule has 3 rings (SSSR count). The van der Waals surface area contributed by atoms with Gasteiger partial charge in [0.2, 0.25) is 0 Å². The van der Waals surface area contributed by atoms with E-state index in [1.807, 2.05) is 6.07 Å². The van der Waals surface area contributed by atoms with Crippen molar-refractivity contribution in [1.29, 1.82) is 0 Å². The van der Waals surface area contributed by atoms with Crippen molar-refractivity contribution in [2.75, 3.05) is 6.61 Å². The minimum atomic E-state index is -3.02. The molecular formula is C26H34F2O5S. The average molecular weight is 497 g/mol. The van der Waals surface area contributed by atoms with Crippen molar-refractivity contribution in [3.05, 3.63) is 52.2 Å². The van der Waals surface area contributed by atoms with Crippen LogP contribution in [0.1, 0.15) is 60.5 Å². The van der Waals surface area contributed by atoms with E-state index >= 15 is 0 Å². The van der Waals surface area contributed by atoms with Crippen LogP contribution < -0.4 is 4.74 Å². The van der Waals surface area contributed by atoms with Crippen LogP contribution in [-0.4, -0.2) is 47.0 Å². The van der Waals surface area contributed by atoms with Crippen LogP contribution in [0.25, 0.3) is 0 Å². The number of rotatable bonds is 12. The number of aliphatic hydroxyl groups excluding tert-OH is 2. The average Bonchev–Trinajstić information content (AvgIpc) is 3.36. The van der Waals surface area contributed by atoms with E-state index in [1.54, 1.807) is 50.2 Å². The number of benzene rings is 1. The number of ether oxygens (including phenoxy) is 2. The molecule has 0 spiro atoms. The number of carbonyl (C=O) groups is 1. The van der Waals surface area contributed by atoms with E-state index in [1.165, 1.54) is 11.3 Å². The topological polar surface area (TPSA) is 76.0 Å². The summed E-state index contributed by atoms with van der Waals surface area (Å²) in [5, 5.41) is 20.8. The van der Waals surface area contributed by atoms with Gasteiger partial charge in [-0.05, 0) is 82.1 Å². The lowest BCUT2D eigenvalue weighted by Crippen LogP contribution is -2.29. The Morgan fingerprint density at radius 2 is 1.76 bits per heavy atom. The zero-order valence-corrected chi connectivity index (χ0v) is 20.5. The number of esters is 1. The summed E-state index contributed by atoms with van der Waals surface area (Å²) in [5.74, 6) is -3.57. The molecule has 2 aromatic rings. The fourth-order valence-corrected chi connectivity index (χ4v) is 5.47. The van der Waals surface area contributed by atoms with Crippen LogP contribution in [0.15, 0.2) is 42.5 Å². The normalized spacial score (nSPS) is 22.8. The molecule has 0 aliphatic heterocycles. The second kappa shape index (κ2) is 12.1. The molecule has 0 saturated heterocycles. The maximum Gasteiger partial charge on any atom is 0.348 e.